The molecule has 0 saturated carbocycles. The zero-order chi connectivity index (χ0) is 12.9. The Labute approximate surface area is 106 Å². The van der Waals surface area contributed by atoms with Crippen LogP contribution in [0.5, 0.6) is 5.75 Å². The molecule has 0 unspecified atom stereocenters. The Balaban J connectivity index is 2.27. The van der Waals surface area contributed by atoms with Gasteiger partial charge < -0.3 is 9.47 Å². The molecule has 96 valence electrons. The number of halogens is 4. The maximum Gasteiger partial charge on any atom is 0.411 e. The van der Waals surface area contributed by atoms with Crippen LogP contribution in [0.2, 0.25) is 0 Å². The molecule has 0 saturated heterocycles. The molecule has 0 aliphatic heterocycles. The predicted octanol–water partition coefficient (Wildman–Crippen LogP) is 3.72. The SMILES string of the molecule is Cc1cc(Br)ccc1OCCOCC(F)(F)F. The largest absolute Gasteiger partial charge is 0.491 e. The molecule has 0 radical (unpaired) electrons. The van der Waals surface area contributed by atoms with Gasteiger partial charge in [-0.15, -0.1) is 0 Å². The fourth-order valence-electron chi connectivity index (χ4n) is 1.17. The van der Waals surface area contributed by atoms with Crippen LogP contribution in [0.15, 0.2) is 22.7 Å². The van der Waals surface area contributed by atoms with E-state index >= 15 is 0 Å². The van der Waals surface area contributed by atoms with Gasteiger partial charge in [-0.3, -0.25) is 0 Å². The normalized spacial score (nSPS) is 11.6. The Morgan fingerprint density at radius 2 is 1.94 bits per heavy atom. The number of hydrogen-bond acceptors (Lipinski definition) is 2. The average Bonchev–Trinajstić information content (AvgIpc) is 2.18. The monoisotopic (exact) mass is 312 g/mol. The van der Waals surface area contributed by atoms with Crippen LogP contribution in [0, 0.1) is 6.92 Å². The summed E-state index contributed by atoms with van der Waals surface area (Å²) in [5, 5.41) is 0. The summed E-state index contributed by atoms with van der Waals surface area (Å²) in [6, 6.07) is 5.42. The van der Waals surface area contributed by atoms with Gasteiger partial charge in [0.1, 0.15) is 19.0 Å². The van der Waals surface area contributed by atoms with Crippen LogP contribution in [0.3, 0.4) is 0 Å². The van der Waals surface area contributed by atoms with E-state index < -0.39 is 12.8 Å². The number of rotatable bonds is 5. The molecule has 0 aromatic heterocycles. The Morgan fingerprint density at radius 3 is 2.53 bits per heavy atom. The standard InChI is InChI=1S/C11H12BrF3O2/c1-8-6-9(12)2-3-10(8)17-5-4-16-7-11(13,14)15/h2-3,6H,4-5,7H2,1H3. The highest BCUT2D eigenvalue weighted by Gasteiger charge is 2.27. The van der Waals surface area contributed by atoms with E-state index in [1.807, 2.05) is 13.0 Å². The third-order valence-corrected chi connectivity index (χ3v) is 2.38. The van der Waals surface area contributed by atoms with E-state index in [1.54, 1.807) is 12.1 Å². The molecule has 0 aliphatic rings. The Bertz CT molecular complexity index is 366. The zero-order valence-electron chi connectivity index (χ0n) is 9.18. The highest BCUT2D eigenvalue weighted by molar-refractivity contribution is 9.10. The van der Waals surface area contributed by atoms with Crippen LogP contribution in [0.4, 0.5) is 13.2 Å². The summed E-state index contributed by atoms with van der Waals surface area (Å²) >= 11 is 3.31. The number of ether oxygens (including phenoxy) is 2. The highest BCUT2D eigenvalue weighted by atomic mass is 79.9. The molecule has 1 rings (SSSR count). The third-order valence-electron chi connectivity index (χ3n) is 1.89. The van der Waals surface area contributed by atoms with E-state index in [0.29, 0.717) is 5.75 Å². The predicted molar refractivity (Wildman–Crippen MR) is 61.2 cm³/mol. The van der Waals surface area contributed by atoms with Crippen molar-refractivity contribution >= 4 is 15.9 Å². The van der Waals surface area contributed by atoms with Gasteiger partial charge in [0.2, 0.25) is 0 Å². The molecule has 0 bridgehead atoms. The van der Waals surface area contributed by atoms with Crippen molar-refractivity contribution in [2.45, 2.75) is 13.1 Å². The number of hydrogen-bond donors (Lipinski definition) is 0. The van der Waals surface area contributed by atoms with Gasteiger partial charge in [-0.2, -0.15) is 13.2 Å². The molecule has 0 spiro atoms. The minimum Gasteiger partial charge on any atom is -0.491 e. The lowest BCUT2D eigenvalue weighted by molar-refractivity contribution is -0.175. The summed E-state index contributed by atoms with van der Waals surface area (Å²) in [5.74, 6) is 0.642. The first-order chi connectivity index (χ1) is 7.88. The molecule has 1 aromatic rings. The van der Waals surface area contributed by atoms with Crippen molar-refractivity contribution in [1.82, 2.24) is 0 Å². The summed E-state index contributed by atoms with van der Waals surface area (Å²) in [4.78, 5) is 0. The summed E-state index contributed by atoms with van der Waals surface area (Å²) in [6.07, 6.45) is -4.28. The van der Waals surface area contributed by atoms with Crippen molar-refractivity contribution in [1.29, 1.82) is 0 Å². The molecule has 0 fully saturated rings. The first kappa shape index (κ1) is 14.3. The first-order valence-corrected chi connectivity index (χ1v) is 5.71. The lowest BCUT2D eigenvalue weighted by Crippen LogP contribution is -2.19. The Morgan fingerprint density at radius 1 is 1.24 bits per heavy atom. The van der Waals surface area contributed by atoms with Gasteiger partial charge in [0.15, 0.2) is 0 Å². The van der Waals surface area contributed by atoms with E-state index in [1.165, 1.54) is 0 Å². The summed E-state index contributed by atoms with van der Waals surface area (Å²) < 4.78 is 45.9. The molecule has 17 heavy (non-hydrogen) atoms. The van der Waals surface area contributed by atoms with E-state index in [-0.39, 0.29) is 13.2 Å². The average molecular weight is 313 g/mol. The van der Waals surface area contributed by atoms with E-state index in [4.69, 9.17) is 4.74 Å². The van der Waals surface area contributed by atoms with Crippen molar-refractivity contribution in [3.63, 3.8) is 0 Å². The molecule has 0 amide bonds. The highest BCUT2D eigenvalue weighted by Crippen LogP contribution is 2.22. The molecular weight excluding hydrogens is 301 g/mol. The van der Waals surface area contributed by atoms with Crippen LogP contribution in [0.25, 0.3) is 0 Å². The first-order valence-electron chi connectivity index (χ1n) is 4.92. The fraction of sp³-hybridized carbons (Fsp3) is 0.455. The van der Waals surface area contributed by atoms with Crippen LogP contribution in [0.1, 0.15) is 5.56 Å². The summed E-state index contributed by atoms with van der Waals surface area (Å²) in [6.45, 7) is 0.625. The Hall–Kier alpha value is -0.750. The summed E-state index contributed by atoms with van der Waals surface area (Å²) in [5.41, 5.74) is 0.912. The molecule has 2 nitrogen and oxygen atoms in total. The Kier molecular flexibility index (Phi) is 5.27. The minimum absolute atomic E-state index is 0.0883. The molecule has 0 atom stereocenters. The second kappa shape index (κ2) is 6.26. The molecule has 0 heterocycles. The van der Waals surface area contributed by atoms with E-state index in [0.717, 1.165) is 10.0 Å². The quantitative estimate of drug-likeness (QED) is 0.772. The third kappa shape index (κ3) is 5.93. The molecule has 0 aliphatic carbocycles. The van der Waals surface area contributed by atoms with Crippen molar-refractivity contribution in [3.05, 3.63) is 28.2 Å². The van der Waals surface area contributed by atoms with Gasteiger partial charge in [0, 0.05) is 4.47 Å². The smallest absolute Gasteiger partial charge is 0.411 e. The lowest BCUT2D eigenvalue weighted by Gasteiger charge is -2.10. The van der Waals surface area contributed by atoms with E-state index in [9.17, 15) is 13.2 Å². The zero-order valence-corrected chi connectivity index (χ0v) is 10.8. The second-order valence-corrected chi connectivity index (χ2v) is 4.34. The van der Waals surface area contributed by atoms with Crippen LogP contribution >= 0.6 is 15.9 Å². The van der Waals surface area contributed by atoms with Gasteiger partial charge in [-0.25, -0.2) is 0 Å². The van der Waals surface area contributed by atoms with Crippen LogP contribution in [-0.2, 0) is 4.74 Å². The number of alkyl halides is 3. The van der Waals surface area contributed by atoms with Gasteiger partial charge in [0.25, 0.3) is 0 Å². The topological polar surface area (TPSA) is 18.5 Å². The van der Waals surface area contributed by atoms with Crippen molar-refractivity contribution in [2.24, 2.45) is 0 Å². The maximum absolute atomic E-state index is 11.7. The van der Waals surface area contributed by atoms with Crippen molar-refractivity contribution in [2.75, 3.05) is 19.8 Å². The van der Waals surface area contributed by atoms with Crippen molar-refractivity contribution in [3.8, 4) is 5.75 Å². The van der Waals surface area contributed by atoms with Gasteiger partial charge in [-0.1, -0.05) is 15.9 Å². The van der Waals surface area contributed by atoms with E-state index in [2.05, 4.69) is 20.7 Å². The molecular formula is C11H12BrF3O2. The molecule has 6 heteroatoms. The van der Waals surface area contributed by atoms with Gasteiger partial charge in [-0.05, 0) is 30.7 Å². The lowest BCUT2D eigenvalue weighted by atomic mass is 10.2. The molecule has 1 aromatic carbocycles. The summed E-state index contributed by atoms with van der Waals surface area (Å²) in [7, 11) is 0. The minimum atomic E-state index is -4.28. The fourth-order valence-corrected chi connectivity index (χ4v) is 1.65. The number of aryl methyl sites for hydroxylation is 1. The van der Waals surface area contributed by atoms with Gasteiger partial charge >= 0.3 is 6.18 Å². The van der Waals surface area contributed by atoms with Crippen molar-refractivity contribution < 1.29 is 22.6 Å². The second-order valence-electron chi connectivity index (χ2n) is 3.43. The van der Waals surface area contributed by atoms with Gasteiger partial charge in [0.05, 0.1) is 6.61 Å². The molecule has 0 N–H and O–H groups in total. The van der Waals surface area contributed by atoms with Crippen LogP contribution < -0.4 is 4.74 Å². The maximum atomic E-state index is 11.7. The van der Waals surface area contributed by atoms with Crippen LogP contribution in [-0.4, -0.2) is 26.0 Å². The number of benzene rings is 1.